The molecule has 0 spiro atoms. The third-order valence-corrected chi connectivity index (χ3v) is 5.11. The molecule has 2 aromatic heterocycles. The van der Waals surface area contributed by atoms with Gasteiger partial charge >= 0.3 is 0 Å². The van der Waals surface area contributed by atoms with Crippen LogP contribution in [0.4, 0.5) is 5.69 Å². The maximum atomic E-state index is 13.0. The lowest BCUT2D eigenvalue weighted by molar-refractivity contribution is -0.117. The number of rotatable bonds is 4. The van der Waals surface area contributed by atoms with E-state index < -0.39 is 17.7 Å². The van der Waals surface area contributed by atoms with Gasteiger partial charge in [0, 0.05) is 6.20 Å². The van der Waals surface area contributed by atoms with Gasteiger partial charge < -0.3 is 5.11 Å². The van der Waals surface area contributed by atoms with Crippen LogP contribution in [0.1, 0.15) is 21.3 Å². The summed E-state index contributed by atoms with van der Waals surface area (Å²) < 4.78 is 0. The van der Waals surface area contributed by atoms with Crippen LogP contribution in [0, 0.1) is 0 Å². The highest BCUT2D eigenvalue weighted by atomic mass is 32.1. The number of carbonyl (C=O) groups is 2. The molecule has 0 saturated heterocycles. The predicted molar refractivity (Wildman–Crippen MR) is 99.2 cm³/mol. The van der Waals surface area contributed by atoms with E-state index in [1.807, 2.05) is 30.3 Å². The number of carbonyl (C=O) groups excluding carboxylic acids is 2. The summed E-state index contributed by atoms with van der Waals surface area (Å²) >= 11 is 1.28. The minimum absolute atomic E-state index is 0.0903. The van der Waals surface area contributed by atoms with Crippen molar-refractivity contribution in [2.24, 2.45) is 0 Å². The van der Waals surface area contributed by atoms with Gasteiger partial charge in [0.2, 0.25) is 5.78 Å². The minimum atomic E-state index is -0.706. The van der Waals surface area contributed by atoms with E-state index >= 15 is 0 Å². The first kappa shape index (κ1) is 16.2. The smallest absolute Gasteiger partial charge is 0.294 e. The second-order valence-corrected chi connectivity index (χ2v) is 6.72. The molecule has 4 rings (SSSR count). The monoisotopic (exact) mass is 362 g/mol. The van der Waals surface area contributed by atoms with Crippen LogP contribution in [0.25, 0.3) is 0 Å². The minimum Gasteiger partial charge on any atom is -0.503 e. The van der Waals surface area contributed by atoms with Gasteiger partial charge in [-0.05, 0) is 29.1 Å². The van der Waals surface area contributed by atoms with Crippen molar-refractivity contribution >= 4 is 28.7 Å². The maximum Gasteiger partial charge on any atom is 0.294 e. The fourth-order valence-electron chi connectivity index (χ4n) is 3.09. The van der Waals surface area contributed by atoms with Gasteiger partial charge in [-0.25, -0.2) is 0 Å². The van der Waals surface area contributed by atoms with Gasteiger partial charge in [-0.3, -0.25) is 19.5 Å². The van der Waals surface area contributed by atoms with E-state index in [4.69, 9.17) is 0 Å². The number of aromatic nitrogens is 1. The van der Waals surface area contributed by atoms with Crippen LogP contribution in [-0.4, -0.2) is 21.8 Å². The van der Waals surface area contributed by atoms with Crippen molar-refractivity contribution in [3.05, 3.63) is 94.1 Å². The number of amides is 1. The highest BCUT2D eigenvalue weighted by Gasteiger charge is 2.44. The number of benzene rings is 1. The van der Waals surface area contributed by atoms with E-state index in [9.17, 15) is 14.7 Å². The Bertz CT molecular complexity index is 982. The van der Waals surface area contributed by atoms with E-state index in [1.165, 1.54) is 16.2 Å². The van der Waals surface area contributed by atoms with Crippen molar-refractivity contribution in [3.63, 3.8) is 0 Å². The summed E-state index contributed by atoms with van der Waals surface area (Å²) in [4.78, 5) is 31.8. The van der Waals surface area contributed by atoms with Gasteiger partial charge in [-0.2, -0.15) is 0 Å². The zero-order chi connectivity index (χ0) is 18.1. The van der Waals surface area contributed by atoms with Crippen LogP contribution < -0.4 is 4.90 Å². The van der Waals surface area contributed by atoms with Crippen molar-refractivity contribution in [1.29, 1.82) is 0 Å². The lowest BCUT2D eigenvalue weighted by Crippen LogP contribution is -2.31. The molecular weight excluding hydrogens is 348 g/mol. The van der Waals surface area contributed by atoms with Gasteiger partial charge in [0.1, 0.15) is 0 Å². The normalized spacial score (nSPS) is 17.0. The van der Waals surface area contributed by atoms with E-state index in [0.717, 1.165) is 5.56 Å². The molecule has 0 saturated carbocycles. The van der Waals surface area contributed by atoms with E-state index in [0.29, 0.717) is 10.6 Å². The molecule has 1 aliphatic rings. The molecule has 0 bridgehead atoms. The largest absolute Gasteiger partial charge is 0.503 e. The topological polar surface area (TPSA) is 70.5 Å². The maximum absolute atomic E-state index is 13.0. The molecule has 5 nitrogen and oxygen atoms in total. The highest BCUT2D eigenvalue weighted by Crippen LogP contribution is 2.41. The summed E-state index contributed by atoms with van der Waals surface area (Å²) in [5.41, 5.74) is 1.35. The summed E-state index contributed by atoms with van der Waals surface area (Å²) in [6.45, 7) is 0. The van der Waals surface area contributed by atoms with Crippen LogP contribution >= 0.6 is 11.3 Å². The number of thiophene rings is 1. The summed E-state index contributed by atoms with van der Waals surface area (Å²) in [6, 6.07) is 15.4. The molecule has 0 radical (unpaired) electrons. The SMILES string of the molecule is O=C(C1=C(O)C(=O)N(c2cccnc2)C1c1ccccc1)c1cccs1. The predicted octanol–water partition coefficient (Wildman–Crippen LogP) is 3.93. The molecule has 1 atom stereocenters. The van der Waals surface area contributed by atoms with Crippen molar-refractivity contribution in [1.82, 2.24) is 4.98 Å². The van der Waals surface area contributed by atoms with Gasteiger partial charge in [-0.15, -0.1) is 11.3 Å². The number of hydrogen-bond donors (Lipinski definition) is 1. The van der Waals surface area contributed by atoms with E-state index in [-0.39, 0.29) is 11.4 Å². The van der Waals surface area contributed by atoms with Gasteiger partial charge in [0.15, 0.2) is 5.76 Å². The van der Waals surface area contributed by atoms with Crippen molar-refractivity contribution in [3.8, 4) is 0 Å². The van der Waals surface area contributed by atoms with E-state index in [2.05, 4.69) is 4.98 Å². The molecule has 26 heavy (non-hydrogen) atoms. The molecule has 0 fully saturated rings. The Morgan fingerprint density at radius 2 is 1.88 bits per heavy atom. The molecule has 6 heteroatoms. The standard InChI is InChI=1S/C20H14N2O3S/c23-18(15-9-5-11-26-15)16-17(13-6-2-1-3-7-13)22(20(25)19(16)24)14-8-4-10-21-12-14/h1-12,17,24H. The van der Waals surface area contributed by atoms with Crippen LogP contribution in [-0.2, 0) is 4.79 Å². The molecule has 1 N–H and O–H groups in total. The summed E-state index contributed by atoms with van der Waals surface area (Å²) in [5.74, 6) is -1.46. The Morgan fingerprint density at radius 1 is 1.08 bits per heavy atom. The van der Waals surface area contributed by atoms with Crippen LogP contribution in [0.15, 0.2) is 83.7 Å². The fraction of sp³-hybridized carbons (Fsp3) is 0.0500. The first-order chi connectivity index (χ1) is 12.7. The molecule has 0 aliphatic carbocycles. The zero-order valence-electron chi connectivity index (χ0n) is 13.6. The number of aliphatic hydroxyl groups excluding tert-OH is 1. The van der Waals surface area contributed by atoms with Crippen molar-refractivity contribution in [2.45, 2.75) is 6.04 Å². The first-order valence-corrected chi connectivity index (χ1v) is 8.86. The number of Topliss-reactive ketones (excluding diaryl/α,β-unsaturated/α-hetero) is 1. The van der Waals surface area contributed by atoms with Gasteiger partial charge in [0.05, 0.1) is 28.4 Å². The summed E-state index contributed by atoms with van der Waals surface area (Å²) in [7, 11) is 0. The lowest BCUT2D eigenvalue weighted by Gasteiger charge is -2.26. The second-order valence-electron chi connectivity index (χ2n) is 5.77. The molecule has 1 aliphatic heterocycles. The number of hydrogen-bond acceptors (Lipinski definition) is 5. The molecule has 128 valence electrons. The third-order valence-electron chi connectivity index (χ3n) is 4.24. The van der Waals surface area contributed by atoms with Gasteiger partial charge in [-0.1, -0.05) is 36.4 Å². The summed E-state index contributed by atoms with van der Waals surface area (Å²) in [6.07, 6.45) is 3.15. The number of pyridine rings is 1. The van der Waals surface area contributed by atoms with Crippen molar-refractivity contribution in [2.75, 3.05) is 4.90 Å². The Balaban J connectivity index is 1.88. The lowest BCUT2D eigenvalue weighted by atomic mass is 9.95. The van der Waals surface area contributed by atoms with Crippen LogP contribution in [0.2, 0.25) is 0 Å². The van der Waals surface area contributed by atoms with E-state index in [1.54, 1.807) is 42.0 Å². The second kappa shape index (κ2) is 6.57. The quantitative estimate of drug-likeness (QED) is 0.714. The Hall–Kier alpha value is -3.25. The number of anilines is 1. The fourth-order valence-corrected chi connectivity index (χ4v) is 3.77. The number of ketones is 1. The molecular formula is C20H14N2O3S. The molecule has 3 aromatic rings. The Morgan fingerprint density at radius 3 is 2.54 bits per heavy atom. The van der Waals surface area contributed by atoms with Crippen LogP contribution in [0.5, 0.6) is 0 Å². The average molecular weight is 362 g/mol. The zero-order valence-corrected chi connectivity index (χ0v) is 14.4. The Labute approximate surface area is 153 Å². The highest BCUT2D eigenvalue weighted by molar-refractivity contribution is 7.12. The number of nitrogens with zero attached hydrogens (tertiary/aromatic N) is 2. The molecule has 1 amide bonds. The van der Waals surface area contributed by atoms with Crippen molar-refractivity contribution < 1.29 is 14.7 Å². The molecule has 1 aromatic carbocycles. The van der Waals surface area contributed by atoms with Crippen LogP contribution in [0.3, 0.4) is 0 Å². The molecule has 1 unspecified atom stereocenters. The first-order valence-electron chi connectivity index (χ1n) is 7.98. The third kappa shape index (κ3) is 2.60. The Kier molecular flexibility index (Phi) is 4.10. The van der Waals surface area contributed by atoms with Gasteiger partial charge in [0.25, 0.3) is 5.91 Å². The number of aliphatic hydroxyl groups is 1. The average Bonchev–Trinajstić information content (AvgIpc) is 3.31. The molecule has 3 heterocycles. The summed E-state index contributed by atoms with van der Waals surface area (Å²) in [5, 5.41) is 12.3.